The van der Waals surface area contributed by atoms with E-state index < -0.39 is 6.10 Å². The van der Waals surface area contributed by atoms with Gasteiger partial charge in [-0.3, -0.25) is 0 Å². The molecule has 0 radical (unpaired) electrons. The minimum Gasteiger partial charge on any atom is -0.490 e. The van der Waals surface area contributed by atoms with Gasteiger partial charge in [0.1, 0.15) is 12.4 Å². The molecule has 0 amide bonds. The Hall–Kier alpha value is -1.26. The number of likely N-dealkylation sites (N-methyl/N-ethyl adjacent to an activating group) is 1. The maximum atomic E-state index is 10.5. The maximum Gasteiger partial charge on any atom is 0.142 e. The minimum absolute atomic E-state index is 0.192. The molecule has 0 spiro atoms. The summed E-state index contributed by atoms with van der Waals surface area (Å²) in [7, 11) is 0. The van der Waals surface area contributed by atoms with Crippen molar-refractivity contribution in [3.05, 3.63) is 23.8 Å². The zero-order valence-corrected chi connectivity index (χ0v) is 11.4. The van der Waals surface area contributed by atoms with E-state index in [1.54, 1.807) is 0 Å². The van der Waals surface area contributed by atoms with Crippen molar-refractivity contribution in [2.75, 3.05) is 31.1 Å². The molecule has 1 aromatic rings. The fraction of sp³-hybridized carbons (Fsp3) is 0.600. The lowest BCUT2D eigenvalue weighted by Gasteiger charge is -2.31. The van der Waals surface area contributed by atoms with E-state index in [1.807, 2.05) is 12.1 Å². The van der Waals surface area contributed by atoms with Gasteiger partial charge in [0.2, 0.25) is 0 Å². The van der Waals surface area contributed by atoms with Crippen LogP contribution in [0.5, 0.6) is 5.75 Å². The average molecular weight is 262 g/mol. The predicted molar refractivity (Wildman–Crippen MR) is 75.8 cm³/mol. The van der Waals surface area contributed by atoms with Crippen molar-refractivity contribution in [3.63, 3.8) is 0 Å². The third-order valence-electron chi connectivity index (χ3n) is 4.15. The van der Waals surface area contributed by atoms with E-state index in [4.69, 9.17) is 4.74 Å². The highest BCUT2D eigenvalue weighted by Crippen LogP contribution is 2.35. The van der Waals surface area contributed by atoms with Gasteiger partial charge in [-0.15, -0.1) is 0 Å². The Balaban J connectivity index is 1.86. The van der Waals surface area contributed by atoms with Gasteiger partial charge in [-0.2, -0.15) is 0 Å². The van der Waals surface area contributed by atoms with Crippen LogP contribution in [0.3, 0.4) is 0 Å². The molecule has 2 atom stereocenters. The zero-order chi connectivity index (χ0) is 13.2. The van der Waals surface area contributed by atoms with E-state index in [9.17, 15) is 5.11 Å². The molecule has 1 saturated heterocycles. The molecule has 1 fully saturated rings. The van der Waals surface area contributed by atoms with E-state index >= 15 is 0 Å². The van der Waals surface area contributed by atoms with Gasteiger partial charge in [-0.05, 0) is 44.0 Å². The van der Waals surface area contributed by atoms with Gasteiger partial charge < -0.3 is 20.1 Å². The lowest BCUT2D eigenvalue weighted by molar-refractivity contribution is 0.137. The molecule has 0 aliphatic carbocycles. The smallest absolute Gasteiger partial charge is 0.142 e. The molecule has 2 aliphatic heterocycles. The Morgan fingerprint density at radius 1 is 1.53 bits per heavy atom. The molecule has 4 nitrogen and oxygen atoms in total. The average Bonchev–Trinajstić information content (AvgIpc) is 2.99. The Bertz CT molecular complexity index is 444. The van der Waals surface area contributed by atoms with E-state index in [1.165, 1.54) is 0 Å². The number of fused-ring (bicyclic) bond motifs is 1. The lowest BCUT2D eigenvalue weighted by Crippen LogP contribution is -2.33. The summed E-state index contributed by atoms with van der Waals surface area (Å²) in [5.41, 5.74) is 2.10. The molecular formula is C15H22N2O2. The molecule has 104 valence electrons. The second-order valence-corrected chi connectivity index (χ2v) is 5.30. The van der Waals surface area contributed by atoms with Crippen LogP contribution in [-0.4, -0.2) is 37.4 Å². The number of ether oxygens (including phenoxy) is 1. The van der Waals surface area contributed by atoms with E-state index in [0.717, 1.165) is 56.1 Å². The Labute approximate surface area is 114 Å². The van der Waals surface area contributed by atoms with Crippen LogP contribution in [0.4, 0.5) is 5.69 Å². The summed E-state index contributed by atoms with van der Waals surface area (Å²) in [5.74, 6) is 0.934. The molecule has 3 rings (SSSR count). The van der Waals surface area contributed by atoms with Gasteiger partial charge in [0, 0.05) is 12.6 Å². The standard InChI is InChI=1S/C15H22N2O2/c1-2-17-8-9-19-14-6-5-11(10-13(14)17)15(18)12-4-3-7-16-12/h5-6,10,12,15-16,18H,2-4,7-9H2,1H3. The summed E-state index contributed by atoms with van der Waals surface area (Å²) in [6.07, 6.45) is 1.77. The highest BCUT2D eigenvalue weighted by atomic mass is 16.5. The first-order valence-corrected chi connectivity index (χ1v) is 7.22. The van der Waals surface area contributed by atoms with Crippen molar-refractivity contribution >= 4 is 5.69 Å². The summed E-state index contributed by atoms with van der Waals surface area (Å²) in [6, 6.07) is 6.26. The molecule has 2 heterocycles. The highest BCUT2D eigenvalue weighted by molar-refractivity contribution is 5.61. The maximum absolute atomic E-state index is 10.5. The van der Waals surface area contributed by atoms with Crippen LogP contribution >= 0.6 is 0 Å². The van der Waals surface area contributed by atoms with Crippen molar-refractivity contribution in [1.82, 2.24) is 5.32 Å². The topological polar surface area (TPSA) is 44.7 Å². The van der Waals surface area contributed by atoms with Crippen LogP contribution in [0, 0.1) is 0 Å². The second kappa shape index (κ2) is 5.39. The summed E-state index contributed by atoms with van der Waals surface area (Å²) in [5, 5.41) is 13.8. The first-order chi connectivity index (χ1) is 9.29. The fourth-order valence-corrected chi connectivity index (χ4v) is 3.02. The molecule has 1 aromatic carbocycles. The SMILES string of the molecule is CCN1CCOc2ccc(C(O)C3CCCN3)cc21. The number of rotatable bonds is 3. The second-order valence-electron chi connectivity index (χ2n) is 5.30. The molecule has 0 saturated carbocycles. The van der Waals surface area contributed by atoms with Crippen molar-refractivity contribution in [2.45, 2.75) is 31.9 Å². The van der Waals surface area contributed by atoms with Gasteiger partial charge in [-0.1, -0.05) is 6.07 Å². The van der Waals surface area contributed by atoms with Crippen LogP contribution in [-0.2, 0) is 0 Å². The zero-order valence-electron chi connectivity index (χ0n) is 11.4. The summed E-state index contributed by atoms with van der Waals surface area (Å²) in [4.78, 5) is 2.30. The Morgan fingerprint density at radius 2 is 2.42 bits per heavy atom. The van der Waals surface area contributed by atoms with Crippen LogP contribution in [0.1, 0.15) is 31.4 Å². The van der Waals surface area contributed by atoms with Gasteiger partial charge in [0.25, 0.3) is 0 Å². The first-order valence-electron chi connectivity index (χ1n) is 7.22. The number of nitrogens with one attached hydrogen (secondary N) is 1. The minimum atomic E-state index is -0.423. The molecule has 2 unspecified atom stereocenters. The molecule has 4 heteroatoms. The third kappa shape index (κ3) is 2.42. The van der Waals surface area contributed by atoms with Crippen LogP contribution in [0.15, 0.2) is 18.2 Å². The van der Waals surface area contributed by atoms with E-state index in [-0.39, 0.29) is 6.04 Å². The quantitative estimate of drug-likeness (QED) is 0.870. The number of hydrogen-bond acceptors (Lipinski definition) is 4. The van der Waals surface area contributed by atoms with Gasteiger partial charge in [-0.25, -0.2) is 0 Å². The fourth-order valence-electron chi connectivity index (χ4n) is 3.02. The summed E-state index contributed by atoms with van der Waals surface area (Å²) in [6.45, 7) is 5.79. The number of hydrogen-bond donors (Lipinski definition) is 2. The normalized spacial score (nSPS) is 23.9. The van der Waals surface area contributed by atoms with Crippen molar-refractivity contribution in [3.8, 4) is 5.75 Å². The number of anilines is 1. The predicted octanol–water partition coefficient (Wildman–Crippen LogP) is 1.69. The van der Waals surface area contributed by atoms with Gasteiger partial charge in [0.15, 0.2) is 0 Å². The number of benzene rings is 1. The summed E-state index contributed by atoms with van der Waals surface area (Å²) < 4.78 is 5.68. The molecule has 19 heavy (non-hydrogen) atoms. The first kappa shape index (κ1) is 12.8. The molecule has 0 aromatic heterocycles. The van der Waals surface area contributed by atoms with Crippen molar-refractivity contribution in [1.29, 1.82) is 0 Å². The number of nitrogens with zero attached hydrogens (tertiary/aromatic N) is 1. The summed E-state index contributed by atoms with van der Waals surface area (Å²) >= 11 is 0. The van der Waals surface area contributed by atoms with Crippen molar-refractivity contribution in [2.24, 2.45) is 0 Å². The lowest BCUT2D eigenvalue weighted by atomic mass is 9.99. The molecule has 0 bridgehead atoms. The molecule has 2 aliphatic rings. The largest absolute Gasteiger partial charge is 0.490 e. The molecule has 2 N–H and O–H groups in total. The third-order valence-corrected chi connectivity index (χ3v) is 4.15. The highest BCUT2D eigenvalue weighted by Gasteiger charge is 2.26. The van der Waals surface area contributed by atoms with Crippen LogP contribution in [0.2, 0.25) is 0 Å². The monoisotopic (exact) mass is 262 g/mol. The number of aliphatic hydroxyl groups excluding tert-OH is 1. The van der Waals surface area contributed by atoms with Crippen molar-refractivity contribution < 1.29 is 9.84 Å². The Kier molecular flexibility index (Phi) is 3.62. The van der Waals surface area contributed by atoms with Crippen LogP contribution in [0.25, 0.3) is 0 Å². The van der Waals surface area contributed by atoms with Crippen LogP contribution < -0.4 is 15.0 Å². The van der Waals surface area contributed by atoms with Gasteiger partial charge >= 0.3 is 0 Å². The molecular weight excluding hydrogens is 240 g/mol. The number of aliphatic hydroxyl groups is 1. The van der Waals surface area contributed by atoms with Gasteiger partial charge in [0.05, 0.1) is 18.3 Å². The Morgan fingerprint density at radius 3 is 3.16 bits per heavy atom. The van der Waals surface area contributed by atoms with E-state index in [2.05, 4.69) is 23.2 Å². The van der Waals surface area contributed by atoms with E-state index in [0.29, 0.717) is 0 Å².